The number of piperidine rings is 2. The van der Waals surface area contributed by atoms with Crippen molar-refractivity contribution in [1.82, 2.24) is 19.6 Å². The zero-order valence-electron chi connectivity index (χ0n) is 16.1. The number of amides is 3. The summed E-state index contributed by atoms with van der Waals surface area (Å²) in [4.78, 5) is 28.6. The highest BCUT2D eigenvalue weighted by Crippen LogP contribution is 2.22. The van der Waals surface area contributed by atoms with Crippen LogP contribution >= 0.6 is 0 Å². The third-order valence-electron chi connectivity index (χ3n) is 5.66. The second-order valence-corrected chi connectivity index (χ2v) is 7.59. The van der Waals surface area contributed by atoms with E-state index < -0.39 is 0 Å². The minimum atomic E-state index is -0.0664. The molecule has 2 aliphatic rings. The summed E-state index contributed by atoms with van der Waals surface area (Å²) in [5.74, 6) is 0.282. The molecule has 2 aliphatic heterocycles. The van der Waals surface area contributed by atoms with E-state index in [0.29, 0.717) is 32.1 Å². The van der Waals surface area contributed by atoms with Crippen LogP contribution in [0.4, 0.5) is 10.5 Å². The number of nitrogens with one attached hydrogen (secondary N) is 1. The lowest BCUT2D eigenvalue weighted by Crippen LogP contribution is -2.50. The number of benzene rings is 1. The van der Waals surface area contributed by atoms with Gasteiger partial charge in [0.15, 0.2) is 0 Å². The standard InChI is InChI=1S/C21H27N5O2/c27-20-4-1-2-13-26(20)19-9-14-24(15-10-19)21(28)23-18-7-5-17(6-8-18)16-25-12-3-11-22-25/h3,5-8,11-12,19H,1-2,4,9-10,13-16H2,(H,23,28). The topological polar surface area (TPSA) is 70.5 Å². The van der Waals surface area contributed by atoms with Crippen LogP contribution in [0.25, 0.3) is 0 Å². The van der Waals surface area contributed by atoms with E-state index in [0.717, 1.165) is 43.5 Å². The predicted octanol–water partition coefficient (Wildman–Crippen LogP) is 2.94. The summed E-state index contributed by atoms with van der Waals surface area (Å²) < 4.78 is 1.87. The fraction of sp³-hybridized carbons (Fsp3) is 0.476. The lowest BCUT2D eigenvalue weighted by atomic mass is 10.00. The van der Waals surface area contributed by atoms with Crippen molar-refractivity contribution in [3.05, 3.63) is 48.3 Å². The van der Waals surface area contributed by atoms with Gasteiger partial charge in [-0.1, -0.05) is 12.1 Å². The van der Waals surface area contributed by atoms with Gasteiger partial charge in [0.25, 0.3) is 0 Å². The van der Waals surface area contributed by atoms with E-state index in [-0.39, 0.29) is 11.9 Å². The molecule has 28 heavy (non-hydrogen) atoms. The summed E-state index contributed by atoms with van der Waals surface area (Å²) in [5.41, 5.74) is 1.93. The third-order valence-corrected chi connectivity index (χ3v) is 5.66. The van der Waals surface area contributed by atoms with Gasteiger partial charge in [-0.25, -0.2) is 4.79 Å². The molecule has 0 saturated carbocycles. The molecule has 3 heterocycles. The Labute approximate surface area is 165 Å². The Morgan fingerprint density at radius 2 is 1.89 bits per heavy atom. The minimum Gasteiger partial charge on any atom is -0.340 e. The third kappa shape index (κ3) is 4.35. The van der Waals surface area contributed by atoms with Crippen LogP contribution in [-0.2, 0) is 11.3 Å². The number of hydrogen-bond acceptors (Lipinski definition) is 3. The van der Waals surface area contributed by atoms with Crippen molar-refractivity contribution >= 4 is 17.6 Å². The molecule has 2 fully saturated rings. The summed E-state index contributed by atoms with van der Waals surface area (Å²) in [6.07, 6.45) is 8.21. The molecule has 7 heteroatoms. The highest BCUT2D eigenvalue weighted by Gasteiger charge is 2.30. The van der Waals surface area contributed by atoms with Gasteiger partial charge >= 0.3 is 6.03 Å². The molecule has 0 spiro atoms. The molecule has 1 N–H and O–H groups in total. The molecule has 0 radical (unpaired) electrons. The summed E-state index contributed by atoms with van der Waals surface area (Å²) in [6.45, 7) is 2.97. The lowest BCUT2D eigenvalue weighted by Gasteiger charge is -2.40. The molecule has 4 rings (SSSR count). The average Bonchev–Trinajstić information content (AvgIpc) is 3.23. The number of anilines is 1. The molecule has 2 aromatic rings. The Bertz CT molecular complexity index is 795. The van der Waals surface area contributed by atoms with Crippen molar-refractivity contribution in [3.63, 3.8) is 0 Å². The summed E-state index contributed by atoms with van der Waals surface area (Å²) in [6, 6.07) is 9.99. The van der Waals surface area contributed by atoms with Gasteiger partial charge in [-0.3, -0.25) is 9.48 Å². The number of aromatic nitrogens is 2. The molecule has 0 bridgehead atoms. The number of carbonyl (C=O) groups is 2. The smallest absolute Gasteiger partial charge is 0.321 e. The van der Waals surface area contributed by atoms with Crippen molar-refractivity contribution < 1.29 is 9.59 Å². The van der Waals surface area contributed by atoms with Crippen molar-refractivity contribution in [3.8, 4) is 0 Å². The van der Waals surface area contributed by atoms with Gasteiger partial charge in [0.1, 0.15) is 0 Å². The maximum atomic E-state index is 12.6. The number of carbonyl (C=O) groups excluding carboxylic acids is 2. The van der Waals surface area contributed by atoms with Gasteiger partial charge in [0.2, 0.25) is 5.91 Å². The molecule has 1 aromatic heterocycles. The van der Waals surface area contributed by atoms with Crippen molar-refractivity contribution in [1.29, 1.82) is 0 Å². The normalized spacial score (nSPS) is 18.4. The largest absolute Gasteiger partial charge is 0.340 e. The van der Waals surface area contributed by atoms with Gasteiger partial charge in [0.05, 0.1) is 6.54 Å². The van der Waals surface area contributed by atoms with E-state index in [9.17, 15) is 9.59 Å². The molecular formula is C21H27N5O2. The summed E-state index contributed by atoms with van der Waals surface area (Å²) >= 11 is 0. The Kier molecular flexibility index (Phi) is 5.60. The SMILES string of the molecule is O=C(Nc1ccc(Cn2cccn2)cc1)N1CCC(N2CCCCC2=O)CC1. The minimum absolute atomic E-state index is 0.0664. The first-order valence-corrected chi connectivity index (χ1v) is 10.1. The maximum absolute atomic E-state index is 12.6. The van der Waals surface area contributed by atoms with Crippen LogP contribution in [0.2, 0.25) is 0 Å². The molecule has 148 valence electrons. The molecule has 2 saturated heterocycles. The van der Waals surface area contributed by atoms with E-state index in [1.807, 2.05) is 51.0 Å². The molecule has 0 aliphatic carbocycles. The quantitative estimate of drug-likeness (QED) is 0.885. The first kappa shape index (κ1) is 18.5. The van der Waals surface area contributed by atoms with Crippen LogP contribution in [-0.4, -0.2) is 57.2 Å². The molecule has 3 amide bonds. The molecule has 7 nitrogen and oxygen atoms in total. The van der Waals surface area contributed by atoms with E-state index >= 15 is 0 Å². The molecule has 0 unspecified atom stereocenters. The van der Waals surface area contributed by atoms with Crippen molar-refractivity contribution in [2.75, 3.05) is 25.0 Å². The monoisotopic (exact) mass is 381 g/mol. The van der Waals surface area contributed by atoms with Crippen LogP contribution in [0.15, 0.2) is 42.7 Å². The Hall–Kier alpha value is -2.83. The number of urea groups is 1. The predicted molar refractivity (Wildman–Crippen MR) is 107 cm³/mol. The van der Waals surface area contributed by atoms with Crippen LogP contribution < -0.4 is 5.32 Å². The maximum Gasteiger partial charge on any atom is 0.321 e. The Morgan fingerprint density at radius 1 is 1.11 bits per heavy atom. The number of nitrogens with zero attached hydrogens (tertiary/aromatic N) is 4. The lowest BCUT2D eigenvalue weighted by molar-refractivity contribution is -0.136. The number of likely N-dealkylation sites (tertiary alicyclic amines) is 2. The van der Waals surface area contributed by atoms with Crippen LogP contribution in [0, 0.1) is 0 Å². The zero-order chi connectivity index (χ0) is 19.3. The van der Waals surface area contributed by atoms with Crippen LogP contribution in [0.5, 0.6) is 0 Å². The van der Waals surface area contributed by atoms with Crippen LogP contribution in [0.3, 0.4) is 0 Å². The Morgan fingerprint density at radius 3 is 2.57 bits per heavy atom. The number of rotatable bonds is 4. The van der Waals surface area contributed by atoms with E-state index in [4.69, 9.17) is 0 Å². The average molecular weight is 381 g/mol. The van der Waals surface area contributed by atoms with Gasteiger partial charge in [-0.15, -0.1) is 0 Å². The van der Waals surface area contributed by atoms with Crippen LogP contribution in [0.1, 0.15) is 37.7 Å². The molecule has 1 aromatic carbocycles. The van der Waals surface area contributed by atoms with E-state index in [1.165, 1.54) is 0 Å². The highest BCUT2D eigenvalue weighted by atomic mass is 16.2. The molecule has 0 atom stereocenters. The van der Waals surface area contributed by atoms with E-state index in [1.54, 1.807) is 6.20 Å². The first-order chi connectivity index (χ1) is 13.7. The second-order valence-electron chi connectivity index (χ2n) is 7.59. The zero-order valence-corrected chi connectivity index (χ0v) is 16.1. The van der Waals surface area contributed by atoms with Gasteiger partial charge < -0.3 is 15.1 Å². The fourth-order valence-electron chi connectivity index (χ4n) is 4.07. The first-order valence-electron chi connectivity index (χ1n) is 10.1. The van der Waals surface area contributed by atoms with Crippen molar-refractivity contribution in [2.45, 2.75) is 44.7 Å². The number of hydrogen-bond donors (Lipinski definition) is 1. The summed E-state index contributed by atoms with van der Waals surface area (Å²) in [7, 11) is 0. The van der Waals surface area contributed by atoms with E-state index in [2.05, 4.69) is 10.4 Å². The van der Waals surface area contributed by atoms with Gasteiger partial charge in [-0.2, -0.15) is 5.10 Å². The second kappa shape index (κ2) is 8.46. The fourth-order valence-corrected chi connectivity index (χ4v) is 4.07. The molecular weight excluding hydrogens is 354 g/mol. The highest BCUT2D eigenvalue weighted by molar-refractivity contribution is 5.89. The summed E-state index contributed by atoms with van der Waals surface area (Å²) in [5, 5.41) is 7.19. The van der Waals surface area contributed by atoms with Gasteiger partial charge in [-0.05, 0) is 49.4 Å². The Balaban J connectivity index is 1.27. The van der Waals surface area contributed by atoms with Gasteiger partial charge in [0, 0.05) is 50.2 Å². The van der Waals surface area contributed by atoms with Crippen molar-refractivity contribution in [2.24, 2.45) is 0 Å².